The highest BCUT2D eigenvalue weighted by Crippen LogP contribution is 2.16. The van der Waals surface area contributed by atoms with Crippen molar-refractivity contribution in [1.29, 1.82) is 0 Å². The minimum Gasteiger partial charge on any atom is -0.341 e. The summed E-state index contributed by atoms with van der Waals surface area (Å²) in [6.45, 7) is 3.70. The average Bonchev–Trinajstić information content (AvgIpc) is 2.88. The zero-order valence-electron chi connectivity index (χ0n) is 8.75. The molecule has 4 nitrogen and oxygen atoms in total. The lowest BCUT2D eigenvalue weighted by Crippen LogP contribution is -2.37. The van der Waals surface area contributed by atoms with Gasteiger partial charge in [-0.2, -0.15) is 0 Å². The van der Waals surface area contributed by atoms with Gasteiger partial charge >= 0.3 is 0 Å². The second-order valence-corrected chi connectivity index (χ2v) is 4.25. The molecule has 0 aromatic rings. The SMILES string of the molecule is CNC1CCN(C(=O)C2CCNC2)C1. The van der Waals surface area contributed by atoms with Crippen LogP contribution in [0.2, 0.25) is 0 Å². The Morgan fingerprint density at radius 2 is 2.36 bits per heavy atom. The maximum Gasteiger partial charge on any atom is 0.227 e. The molecule has 2 aliphatic rings. The monoisotopic (exact) mass is 197 g/mol. The van der Waals surface area contributed by atoms with Gasteiger partial charge in [-0.05, 0) is 26.4 Å². The topological polar surface area (TPSA) is 44.4 Å². The van der Waals surface area contributed by atoms with E-state index in [1.54, 1.807) is 0 Å². The van der Waals surface area contributed by atoms with Gasteiger partial charge in [0.05, 0.1) is 5.92 Å². The number of amides is 1. The van der Waals surface area contributed by atoms with Gasteiger partial charge in [0.2, 0.25) is 5.91 Å². The number of likely N-dealkylation sites (N-methyl/N-ethyl adjacent to an activating group) is 1. The van der Waals surface area contributed by atoms with Gasteiger partial charge in [-0.1, -0.05) is 0 Å². The third-order valence-electron chi connectivity index (χ3n) is 3.32. The molecular weight excluding hydrogens is 178 g/mol. The van der Waals surface area contributed by atoms with E-state index < -0.39 is 0 Å². The molecule has 0 aromatic heterocycles. The number of nitrogens with zero attached hydrogens (tertiary/aromatic N) is 1. The smallest absolute Gasteiger partial charge is 0.227 e. The highest BCUT2D eigenvalue weighted by molar-refractivity contribution is 5.79. The molecule has 2 unspecified atom stereocenters. The lowest BCUT2D eigenvalue weighted by Gasteiger charge is -2.19. The van der Waals surface area contributed by atoms with Gasteiger partial charge in [0, 0.05) is 25.7 Å². The molecule has 2 heterocycles. The summed E-state index contributed by atoms with van der Waals surface area (Å²) in [5, 5.41) is 6.47. The van der Waals surface area contributed by atoms with Crippen LogP contribution < -0.4 is 10.6 Å². The van der Waals surface area contributed by atoms with Crippen molar-refractivity contribution in [2.75, 3.05) is 33.2 Å². The molecule has 2 aliphatic heterocycles. The molecule has 0 radical (unpaired) electrons. The van der Waals surface area contributed by atoms with E-state index in [0.717, 1.165) is 39.0 Å². The number of hydrogen-bond acceptors (Lipinski definition) is 3. The predicted molar refractivity (Wildman–Crippen MR) is 55.0 cm³/mol. The van der Waals surface area contributed by atoms with Gasteiger partial charge in [-0.25, -0.2) is 0 Å². The summed E-state index contributed by atoms with van der Waals surface area (Å²) in [4.78, 5) is 14.0. The second-order valence-electron chi connectivity index (χ2n) is 4.25. The van der Waals surface area contributed by atoms with Crippen molar-refractivity contribution in [2.24, 2.45) is 5.92 Å². The number of likely N-dealkylation sites (tertiary alicyclic amines) is 1. The van der Waals surface area contributed by atoms with Crippen LogP contribution in [-0.2, 0) is 4.79 Å². The molecular formula is C10H19N3O. The van der Waals surface area contributed by atoms with Crippen molar-refractivity contribution in [3.8, 4) is 0 Å². The first-order valence-electron chi connectivity index (χ1n) is 5.48. The average molecular weight is 197 g/mol. The summed E-state index contributed by atoms with van der Waals surface area (Å²) < 4.78 is 0. The van der Waals surface area contributed by atoms with Crippen molar-refractivity contribution < 1.29 is 4.79 Å². The van der Waals surface area contributed by atoms with Crippen molar-refractivity contribution in [1.82, 2.24) is 15.5 Å². The minimum absolute atomic E-state index is 0.241. The van der Waals surface area contributed by atoms with Crippen molar-refractivity contribution in [3.05, 3.63) is 0 Å². The lowest BCUT2D eigenvalue weighted by molar-refractivity contribution is -0.133. The van der Waals surface area contributed by atoms with Gasteiger partial charge in [0.25, 0.3) is 0 Å². The Labute approximate surface area is 85.0 Å². The van der Waals surface area contributed by atoms with E-state index in [0.29, 0.717) is 11.9 Å². The molecule has 0 aliphatic carbocycles. The van der Waals surface area contributed by atoms with Crippen molar-refractivity contribution >= 4 is 5.91 Å². The van der Waals surface area contributed by atoms with Gasteiger partial charge < -0.3 is 15.5 Å². The number of carbonyl (C=O) groups is 1. The Bertz CT molecular complexity index is 213. The molecule has 80 valence electrons. The van der Waals surface area contributed by atoms with Gasteiger partial charge in [-0.3, -0.25) is 4.79 Å². The van der Waals surface area contributed by atoms with E-state index in [9.17, 15) is 4.79 Å². The van der Waals surface area contributed by atoms with Crippen molar-refractivity contribution in [2.45, 2.75) is 18.9 Å². The van der Waals surface area contributed by atoms with Crippen LogP contribution in [0.5, 0.6) is 0 Å². The molecule has 1 amide bonds. The van der Waals surface area contributed by atoms with Crippen LogP contribution >= 0.6 is 0 Å². The normalized spacial score (nSPS) is 32.5. The number of nitrogens with one attached hydrogen (secondary N) is 2. The fourth-order valence-corrected chi connectivity index (χ4v) is 2.32. The van der Waals surface area contributed by atoms with Crippen LogP contribution in [0.3, 0.4) is 0 Å². The molecule has 0 spiro atoms. The van der Waals surface area contributed by atoms with E-state index >= 15 is 0 Å². The van der Waals surface area contributed by atoms with Crippen LogP contribution in [0, 0.1) is 5.92 Å². The molecule has 14 heavy (non-hydrogen) atoms. The first kappa shape index (κ1) is 9.93. The molecule has 2 rings (SSSR count). The van der Waals surface area contributed by atoms with Gasteiger partial charge in [0.1, 0.15) is 0 Å². The molecule has 4 heteroatoms. The zero-order valence-corrected chi connectivity index (χ0v) is 8.75. The largest absolute Gasteiger partial charge is 0.341 e. The Balaban J connectivity index is 1.86. The third kappa shape index (κ3) is 1.91. The molecule has 0 saturated carbocycles. The summed E-state index contributed by atoms with van der Waals surface area (Å²) in [6.07, 6.45) is 2.11. The summed E-state index contributed by atoms with van der Waals surface area (Å²) in [6, 6.07) is 0.508. The van der Waals surface area contributed by atoms with E-state index in [-0.39, 0.29) is 5.92 Å². The summed E-state index contributed by atoms with van der Waals surface area (Å²) in [5.74, 6) is 0.596. The predicted octanol–water partition coefficient (Wildman–Crippen LogP) is -0.584. The molecule has 0 aromatic carbocycles. The maximum absolute atomic E-state index is 12.0. The number of hydrogen-bond donors (Lipinski definition) is 2. The number of rotatable bonds is 2. The first-order chi connectivity index (χ1) is 6.81. The quantitative estimate of drug-likeness (QED) is 0.622. The van der Waals surface area contributed by atoms with E-state index in [4.69, 9.17) is 0 Å². The highest BCUT2D eigenvalue weighted by Gasteiger charge is 2.31. The molecule has 2 fully saturated rings. The summed E-state index contributed by atoms with van der Waals surface area (Å²) in [7, 11) is 1.97. The fraction of sp³-hybridized carbons (Fsp3) is 0.900. The Kier molecular flexibility index (Phi) is 3.03. The standard InChI is InChI=1S/C10H19N3O/c1-11-9-3-5-13(7-9)10(14)8-2-4-12-6-8/h8-9,11-12H,2-7H2,1H3. The zero-order chi connectivity index (χ0) is 9.97. The third-order valence-corrected chi connectivity index (χ3v) is 3.32. The van der Waals surface area contributed by atoms with E-state index in [2.05, 4.69) is 10.6 Å². The lowest BCUT2D eigenvalue weighted by atomic mass is 10.1. The van der Waals surface area contributed by atoms with Gasteiger partial charge in [-0.15, -0.1) is 0 Å². The van der Waals surface area contributed by atoms with Crippen LogP contribution in [0.4, 0.5) is 0 Å². The second kappa shape index (κ2) is 4.28. The van der Waals surface area contributed by atoms with Crippen LogP contribution in [0.25, 0.3) is 0 Å². The van der Waals surface area contributed by atoms with Crippen LogP contribution in [-0.4, -0.2) is 50.1 Å². The van der Waals surface area contributed by atoms with Crippen LogP contribution in [0.1, 0.15) is 12.8 Å². The minimum atomic E-state index is 0.241. The Morgan fingerprint density at radius 1 is 1.50 bits per heavy atom. The highest BCUT2D eigenvalue weighted by atomic mass is 16.2. The summed E-state index contributed by atoms with van der Waals surface area (Å²) >= 11 is 0. The maximum atomic E-state index is 12.0. The van der Waals surface area contributed by atoms with Gasteiger partial charge in [0.15, 0.2) is 0 Å². The Morgan fingerprint density at radius 3 is 2.93 bits per heavy atom. The fourth-order valence-electron chi connectivity index (χ4n) is 2.32. The van der Waals surface area contributed by atoms with Crippen molar-refractivity contribution in [3.63, 3.8) is 0 Å². The van der Waals surface area contributed by atoms with E-state index in [1.807, 2.05) is 11.9 Å². The van der Waals surface area contributed by atoms with Crippen LogP contribution in [0.15, 0.2) is 0 Å². The summed E-state index contributed by atoms with van der Waals surface area (Å²) in [5.41, 5.74) is 0. The first-order valence-corrected chi connectivity index (χ1v) is 5.48. The molecule has 0 bridgehead atoms. The Hall–Kier alpha value is -0.610. The van der Waals surface area contributed by atoms with E-state index in [1.165, 1.54) is 0 Å². The molecule has 2 atom stereocenters. The number of carbonyl (C=O) groups excluding carboxylic acids is 1. The molecule has 2 saturated heterocycles. The molecule has 2 N–H and O–H groups in total.